The highest BCUT2D eigenvalue weighted by atomic mass is 19.1. The highest BCUT2D eigenvalue weighted by Crippen LogP contribution is 2.25. The van der Waals surface area contributed by atoms with Gasteiger partial charge in [0, 0.05) is 18.7 Å². The van der Waals surface area contributed by atoms with E-state index in [0.717, 1.165) is 18.2 Å². The lowest BCUT2D eigenvalue weighted by atomic mass is 10.3. The summed E-state index contributed by atoms with van der Waals surface area (Å²) in [6, 6.07) is 3.51. The number of oxazole rings is 1. The predicted octanol–water partition coefficient (Wildman–Crippen LogP) is 3.00. The SMILES string of the molecule is Fc1ccc(F)c(Oc2nc(CNC3CC3)co2)c1. The van der Waals surface area contributed by atoms with E-state index in [4.69, 9.17) is 9.15 Å². The van der Waals surface area contributed by atoms with E-state index < -0.39 is 11.6 Å². The molecule has 0 aliphatic heterocycles. The first-order valence-electron chi connectivity index (χ1n) is 6.01. The molecule has 1 aromatic carbocycles. The maximum Gasteiger partial charge on any atom is 0.399 e. The number of nitrogens with one attached hydrogen (secondary N) is 1. The third kappa shape index (κ3) is 3.08. The zero-order valence-corrected chi connectivity index (χ0v) is 10.0. The molecular formula is C13H12F2N2O2. The van der Waals surface area contributed by atoms with Crippen molar-refractivity contribution in [3.05, 3.63) is 41.8 Å². The Hall–Kier alpha value is -1.95. The summed E-state index contributed by atoms with van der Waals surface area (Å²) in [6.45, 7) is 0.573. The van der Waals surface area contributed by atoms with E-state index in [1.165, 1.54) is 19.1 Å². The Morgan fingerprint density at radius 2 is 2.21 bits per heavy atom. The lowest BCUT2D eigenvalue weighted by Gasteiger charge is -2.01. The van der Waals surface area contributed by atoms with Crippen LogP contribution in [-0.4, -0.2) is 11.0 Å². The van der Waals surface area contributed by atoms with Crippen LogP contribution in [-0.2, 0) is 6.54 Å². The zero-order chi connectivity index (χ0) is 13.2. The molecule has 4 nitrogen and oxygen atoms in total. The van der Waals surface area contributed by atoms with Crippen LogP contribution < -0.4 is 10.1 Å². The van der Waals surface area contributed by atoms with Gasteiger partial charge in [0.15, 0.2) is 11.6 Å². The topological polar surface area (TPSA) is 47.3 Å². The normalized spacial score (nSPS) is 14.6. The molecule has 1 aromatic heterocycles. The molecule has 0 saturated heterocycles. The molecule has 1 saturated carbocycles. The number of hydrogen-bond donors (Lipinski definition) is 1. The molecule has 1 fully saturated rings. The number of hydrogen-bond acceptors (Lipinski definition) is 4. The molecule has 100 valence electrons. The molecule has 0 unspecified atom stereocenters. The summed E-state index contributed by atoms with van der Waals surface area (Å²) in [5, 5.41) is 3.26. The fourth-order valence-electron chi connectivity index (χ4n) is 1.60. The van der Waals surface area contributed by atoms with Gasteiger partial charge in [-0.05, 0) is 25.0 Å². The monoisotopic (exact) mass is 266 g/mol. The molecule has 0 atom stereocenters. The molecule has 6 heteroatoms. The molecular weight excluding hydrogens is 254 g/mol. The third-order valence-electron chi connectivity index (χ3n) is 2.77. The van der Waals surface area contributed by atoms with Gasteiger partial charge in [-0.3, -0.25) is 0 Å². The number of ether oxygens (including phenoxy) is 1. The van der Waals surface area contributed by atoms with Crippen LogP contribution >= 0.6 is 0 Å². The van der Waals surface area contributed by atoms with Crippen LogP contribution in [0, 0.1) is 11.6 Å². The van der Waals surface area contributed by atoms with E-state index in [1.54, 1.807) is 0 Å². The highest BCUT2D eigenvalue weighted by molar-refractivity contribution is 5.27. The minimum atomic E-state index is -0.669. The van der Waals surface area contributed by atoms with Crippen molar-refractivity contribution < 1.29 is 17.9 Å². The average molecular weight is 266 g/mol. The van der Waals surface area contributed by atoms with E-state index in [1.807, 2.05) is 0 Å². The van der Waals surface area contributed by atoms with Crippen molar-refractivity contribution >= 4 is 0 Å². The van der Waals surface area contributed by atoms with Gasteiger partial charge in [-0.15, -0.1) is 0 Å². The molecule has 19 heavy (non-hydrogen) atoms. The van der Waals surface area contributed by atoms with Gasteiger partial charge in [0.25, 0.3) is 0 Å². The predicted molar refractivity (Wildman–Crippen MR) is 62.8 cm³/mol. The van der Waals surface area contributed by atoms with Gasteiger partial charge >= 0.3 is 6.08 Å². The van der Waals surface area contributed by atoms with Gasteiger partial charge in [-0.1, -0.05) is 0 Å². The summed E-state index contributed by atoms with van der Waals surface area (Å²) >= 11 is 0. The van der Waals surface area contributed by atoms with Crippen molar-refractivity contribution in [2.24, 2.45) is 0 Å². The summed E-state index contributed by atoms with van der Waals surface area (Å²) in [6.07, 6.45) is 3.69. The Morgan fingerprint density at radius 1 is 1.37 bits per heavy atom. The summed E-state index contributed by atoms with van der Waals surface area (Å²) in [4.78, 5) is 4.04. The molecule has 1 aliphatic carbocycles. The van der Waals surface area contributed by atoms with Crippen LogP contribution in [0.3, 0.4) is 0 Å². The van der Waals surface area contributed by atoms with Crippen molar-refractivity contribution in [1.82, 2.24) is 10.3 Å². The molecule has 0 spiro atoms. The Bertz CT molecular complexity index is 582. The number of benzene rings is 1. The van der Waals surface area contributed by atoms with Crippen molar-refractivity contribution in [2.45, 2.75) is 25.4 Å². The van der Waals surface area contributed by atoms with Crippen LogP contribution in [0.4, 0.5) is 8.78 Å². The van der Waals surface area contributed by atoms with Gasteiger partial charge in [0.05, 0.1) is 5.69 Å². The second kappa shape index (κ2) is 4.97. The Kier molecular flexibility index (Phi) is 3.16. The third-order valence-corrected chi connectivity index (χ3v) is 2.77. The van der Waals surface area contributed by atoms with E-state index >= 15 is 0 Å². The first-order valence-corrected chi connectivity index (χ1v) is 6.01. The van der Waals surface area contributed by atoms with Crippen molar-refractivity contribution in [3.8, 4) is 11.8 Å². The van der Waals surface area contributed by atoms with E-state index in [0.29, 0.717) is 18.3 Å². The molecule has 0 amide bonds. The average Bonchev–Trinajstić information content (AvgIpc) is 3.12. The van der Waals surface area contributed by atoms with Crippen LogP contribution in [0.25, 0.3) is 0 Å². The fourth-order valence-corrected chi connectivity index (χ4v) is 1.60. The van der Waals surface area contributed by atoms with Crippen molar-refractivity contribution in [2.75, 3.05) is 0 Å². The van der Waals surface area contributed by atoms with Gasteiger partial charge < -0.3 is 14.5 Å². The second-order valence-electron chi connectivity index (χ2n) is 4.44. The van der Waals surface area contributed by atoms with Gasteiger partial charge in [-0.2, -0.15) is 4.98 Å². The maximum atomic E-state index is 13.4. The number of halogens is 2. The van der Waals surface area contributed by atoms with E-state index in [2.05, 4.69) is 10.3 Å². The van der Waals surface area contributed by atoms with Gasteiger partial charge in [0.1, 0.15) is 12.1 Å². The van der Waals surface area contributed by atoms with Crippen molar-refractivity contribution in [1.29, 1.82) is 0 Å². The van der Waals surface area contributed by atoms with E-state index in [-0.39, 0.29) is 11.8 Å². The molecule has 0 radical (unpaired) electrons. The van der Waals surface area contributed by atoms with Crippen molar-refractivity contribution in [3.63, 3.8) is 0 Å². The molecule has 2 aromatic rings. The maximum absolute atomic E-state index is 13.4. The van der Waals surface area contributed by atoms with E-state index in [9.17, 15) is 8.78 Å². The summed E-state index contributed by atoms with van der Waals surface area (Å²) in [5.41, 5.74) is 0.665. The summed E-state index contributed by atoms with van der Waals surface area (Å²) in [5.74, 6) is -1.50. The van der Waals surface area contributed by atoms with Crippen LogP contribution in [0.1, 0.15) is 18.5 Å². The number of nitrogens with zero attached hydrogens (tertiary/aromatic N) is 1. The van der Waals surface area contributed by atoms with Crippen LogP contribution in [0.2, 0.25) is 0 Å². The molecule has 1 N–H and O–H groups in total. The number of aromatic nitrogens is 1. The van der Waals surface area contributed by atoms with Crippen LogP contribution in [0.5, 0.6) is 11.8 Å². The van der Waals surface area contributed by atoms with Gasteiger partial charge in [0.2, 0.25) is 0 Å². The molecule has 0 bridgehead atoms. The Labute approximate surface area is 108 Å². The first-order chi connectivity index (χ1) is 9.20. The largest absolute Gasteiger partial charge is 0.417 e. The lowest BCUT2D eigenvalue weighted by molar-refractivity contribution is 0.316. The Morgan fingerprint density at radius 3 is 3.00 bits per heavy atom. The fraction of sp³-hybridized carbons (Fsp3) is 0.308. The molecule has 1 aliphatic rings. The molecule has 3 rings (SSSR count). The van der Waals surface area contributed by atoms with Crippen LogP contribution in [0.15, 0.2) is 28.9 Å². The lowest BCUT2D eigenvalue weighted by Crippen LogP contribution is -2.15. The zero-order valence-electron chi connectivity index (χ0n) is 10.0. The summed E-state index contributed by atoms with van der Waals surface area (Å²) < 4.78 is 36.4. The number of rotatable bonds is 5. The smallest absolute Gasteiger partial charge is 0.399 e. The molecule has 1 heterocycles. The standard InChI is InChI=1S/C13H12F2N2O2/c14-8-1-4-11(15)12(5-8)19-13-17-10(7-18-13)6-16-9-2-3-9/h1,4-5,7,9,16H,2-3,6H2. The summed E-state index contributed by atoms with van der Waals surface area (Å²) in [7, 11) is 0. The van der Waals surface area contributed by atoms with Gasteiger partial charge in [-0.25, -0.2) is 8.78 Å². The quantitative estimate of drug-likeness (QED) is 0.903. The second-order valence-corrected chi connectivity index (χ2v) is 4.44. The minimum Gasteiger partial charge on any atom is -0.417 e. The minimum absolute atomic E-state index is 0.0999. The first kappa shape index (κ1) is 12.1. The Balaban J connectivity index is 1.66. The highest BCUT2D eigenvalue weighted by Gasteiger charge is 2.20.